The highest BCUT2D eigenvalue weighted by molar-refractivity contribution is 7.80. The number of hydrogen-bond acceptors (Lipinski definition) is 2. The summed E-state index contributed by atoms with van der Waals surface area (Å²) in [4.78, 5) is 0. The summed E-state index contributed by atoms with van der Waals surface area (Å²) in [6.07, 6.45) is 3.92. The van der Waals surface area contributed by atoms with Gasteiger partial charge in [0, 0.05) is 0 Å². The highest BCUT2D eigenvalue weighted by Gasteiger charge is 1.75. The highest BCUT2D eigenvalue weighted by Crippen LogP contribution is 1.93. The second kappa shape index (κ2) is 9.58. The third kappa shape index (κ3) is 10.7. The normalized spacial score (nSPS) is 7.71. The van der Waals surface area contributed by atoms with Gasteiger partial charge in [0.25, 0.3) is 0 Å². The zero-order chi connectivity index (χ0) is 4.83. The highest BCUT2D eigenvalue weighted by atomic mass is 32.1. The van der Waals surface area contributed by atoms with E-state index >= 15 is 0 Å². The molecule has 0 saturated heterocycles. The Morgan fingerprint density at radius 1 is 1.29 bits per heavy atom. The molecule has 0 aromatic heterocycles. The van der Waals surface area contributed by atoms with Crippen LogP contribution >= 0.6 is 12.6 Å². The summed E-state index contributed by atoms with van der Waals surface area (Å²) in [5.41, 5.74) is 0. The summed E-state index contributed by atoms with van der Waals surface area (Å²) in [7, 11) is 0. The monoisotopic (exact) mass is 121 g/mol. The Kier molecular flexibility index (Phi) is 14.1. The average Bonchev–Trinajstić information content (AvgIpc) is 1.61. The molecule has 0 aromatic rings. The molecule has 46 valence electrons. The number of unbranched alkanes of at least 4 members (excludes halogenated alkanes) is 2. The second-order valence-corrected chi connectivity index (χ2v) is 1.88. The van der Waals surface area contributed by atoms with Crippen LogP contribution in [0.25, 0.3) is 0 Å². The first-order chi connectivity index (χ1) is 2.91. The lowest BCUT2D eigenvalue weighted by molar-refractivity contribution is 0.780. The van der Waals surface area contributed by atoms with Crippen molar-refractivity contribution in [3.63, 3.8) is 0 Å². The fraction of sp³-hybridized carbons (Fsp3) is 1.00. The minimum absolute atomic E-state index is 0. The first-order valence-electron chi connectivity index (χ1n) is 2.52. The zero-order valence-electron chi connectivity index (χ0n) is 4.98. The van der Waals surface area contributed by atoms with Crippen molar-refractivity contribution in [2.24, 2.45) is 0 Å². The fourth-order valence-corrected chi connectivity index (χ4v) is 0.585. The molecule has 1 nitrogen and oxygen atoms in total. The predicted molar refractivity (Wildman–Crippen MR) is 38.4 cm³/mol. The van der Waals surface area contributed by atoms with E-state index in [2.05, 4.69) is 19.6 Å². The van der Waals surface area contributed by atoms with E-state index in [9.17, 15) is 0 Å². The van der Waals surface area contributed by atoms with Gasteiger partial charge in [-0.2, -0.15) is 12.6 Å². The largest absolute Gasteiger partial charge is 0.344 e. The van der Waals surface area contributed by atoms with Crippen LogP contribution in [-0.2, 0) is 0 Å². The molecule has 0 saturated carbocycles. The Bertz CT molecular complexity index is 20.0. The van der Waals surface area contributed by atoms with Gasteiger partial charge >= 0.3 is 0 Å². The Morgan fingerprint density at radius 3 is 2.00 bits per heavy atom. The van der Waals surface area contributed by atoms with Crippen molar-refractivity contribution in [3.05, 3.63) is 0 Å². The standard InChI is InChI=1S/C5H12S.H3N/c1-2-3-4-5-6;/h6H,2-5H2,1H3;1H3. The van der Waals surface area contributed by atoms with Gasteiger partial charge in [-0.25, -0.2) is 0 Å². The molecule has 0 heterocycles. The Morgan fingerprint density at radius 2 is 1.86 bits per heavy atom. The lowest BCUT2D eigenvalue weighted by Gasteiger charge is -1.85. The molecule has 0 bridgehead atoms. The molecule has 7 heavy (non-hydrogen) atoms. The zero-order valence-corrected chi connectivity index (χ0v) is 5.88. The topological polar surface area (TPSA) is 35.0 Å². The van der Waals surface area contributed by atoms with Crippen molar-refractivity contribution >= 4 is 12.6 Å². The van der Waals surface area contributed by atoms with Crippen LogP contribution in [0, 0.1) is 0 Å². The van der Waals surface area contributed by atoms with Crippen molar-refractivity contribution in [1.82, 2.24) is 6.15 Å². The maximum Gasteiger partial charge on any atom is -0.00979 e. The third-order valence-electron chi connectivity index (χ3n) is 0.762. The minimum Gasteiger partial charge on any atom is -0.344 e. The van der Waals surface area contributed by atoms with E-state index in [-0.39, 0.29) is 6.15 Å². The first-order valence-corrected chi connectivity index (χ1v) is 3.16. The molecule has 0 amide bonds. The maximum atomic E-state index is 4.05. The van der Waals surface area contributed by atoms with Gasteiger partial charge < -0.3 is 6.15 Å². The van der Waals surface area contributed by atoms with E-state index in [1.165, 1.54) is 19.3 Å². The smallest absolute Gasteiger partial charge is 0.00979 e. The number of hydrogen-bond donors (Lipinski definition) is 2. The van der Waals surface area contributed by atoms with Crippen molar-refractivity contribution in [2.75, 3.05) is 5.75 Å². The van der Waals surface area contributed by atoms with Gasteiger partial charge in [-0.3, -0.25) is 0 Å². The van der Waals surface area contributed by atoms with Crippen LogP contribution in [0.2, 0.25) is 0 Å². The molecule has 0 aliphatic rings. The Labute approximate surface area is 51.5 Å². The second-order valence-electron chi connectivity index (χ2n) is 1.43. The van der Waals surface area contributed by atoms with E-state index in [1.54, 1.807) is 0 Å². The third-order valence-corrected chi connectivity index (χ3v) is 1.08. The van der Waals surface area contributed by atoms with Crippen LogP contribution in [0.4, 0.5) is 0 Å². The Balaban J connectivity index is 0. The summed E-state index contributed by atoms with van der Waals surface area (Å²) in [6, 6.07) is 0. The van der Waals surface area contributed by atoms with E-state index in [0.717, 1.165) is 5.75 Å². The van der Waals surface area contributed by atoms with Crippen LogP contribution in [0.15, 0.2) is 0 Å². The number of thiol groups is 1. The molecule has 3 N–H and O–H groups in total. The fourth-order valence-electron chi connectivity index (χ4n) is 0.362. The molecule has 2 heteroatoms. The van der Waals surface area contributed by atoms with E-state index < -0.39 is 0 Å². The molecule has 0 rings (SSSR count). The van der Waals surface area contributed by atoms with Crippen molar-refractivity contribution in [2.45, 2.75) is 26.2 Å². The van der Waals surface area contributed by atoms with Crippen LogP contribution in [0.3, 0.4) is 0 Å². The van der Waals surface area contributed by atoms with Gasteiger partial charge in [0.15, 0.2) is 0 Å². The van der Waals surface area contributed by atoms with Gasteiger partial charge in [0.1, 0.15) is 0 Å². The molecule has 0 aromatic carbocycles. The molecule has 0 fully saturated rings. The van der Waals surface area contributed by atoms with Crippen molar-refractivity contribution in [1.29, 1.82) is 0 Å². The average molecular weight is 121 g/mol. The summed E-state index contributed by atoms with van der Waals surface area (Å²) < 4.78 is 0. The maximum absolute atomic E-state index is 4.05. The molecular formula is C5H15NS. The van der Waals surface area contributed by atoms with Gasteiger partial charge in [0.2, 0.25) is 0 Å². The van der Waals surface area contributed by atoms with Gasteiger partial charge in [-0.1, -0.05) is 19.8 Å². The van der Waals surface area contributed by atoms with Crippen LogP contribution in [-0.4, -0.2) is 5.75 Å². The molecule has 0 unspecified atom stereocenters. The van der Waals surface area contributed by atoms with Crippen LogP contribution < -0.4 is 6.15 Å². The molecular weight excluding hydrogens is 106 g/mol. The van der Waals surface area contributed by atoms with Crippen molar-refractivity contribution in [3.8, 4) is 0 Å². The molecule has 0 atom stereocenters. The summed E-state index contributed by atoms with van der Waals surface area (Å²) in [5.74, 6) is 1.05. The summed E-state index contributed by atoms with van der Waals surface area (Å²) in [5, 5.41) is 0. The van der Waals surface area contributed by atoms with Crippen molar-refractivity contribution < 1.29 is 0 Å². The molecule has 0 aliphatic heterocycles. The SMILES string of the molecule is CCCCCS.N. The first kappa shape index (κ1) is 10.3. The summed E-state index contributed by atoms with van der Waals surface area (Å²) >= 11 is 4.05. The lowest BCUT2D eigenvalue weighted by Crippen LogP contribution is -1.70. The van der Waals surface area contributed by atoms with Crippen LogP contribution in [0.1, 0.15) is 26.2 Å². The van der Waals surface area contributed by atoms with E-state index in [0.29, 0.717) is 0 Å². The quantitative estimate of drug-likeness (QED) is 0.436. The molecule has 0 radical (unpaired) electrons. The predicted octanol–water partition coefficient (Wildman–Crippen LogP) is 2.27. The van der Waals surface area contributed by atoms with E-state index in [4.69, 9.17) is 0 Å². The molecule has 0 spiro atoms. The minimum atomic E-state index is 0. The van der Waals surface area contributed by atoms with E-state index in [1.807, 2.05) is 0 Å². The Hall–Kier alpha value is 0.310. The van der Waals surface area contributed by atoms with Gasteiger partial charge in [0.05, 0.1) is 0 Å². The van der Waals surface area contributed by atoms with Gasteiger partial charge in [-0.15, -0.1) is 0 Å². The number of rotatable bonds is 3. The lowest BCUT2D eigenvalue weighted by atomic mass is 10.3. The van der Waals surface area contributed by atoms with Gasteiger partial charge in [-0.05, 0) is 12.2 Å². The summed E-state index contributed by atoms with van der Waals surface area (Å²) in [6.45, 7) is 2.20. The molecule has 0 aliphatic carbocycles. The van der Waals surface area contributed by atoms with Crippen LogP contribution in [0.5, 0.6) is 0 Å².